The third kappa shape index (κ3) is 2.05. The Morgan fingerprint density at radius 2 is 1.82 bits per heavy atom. The lowest BCUT2D eigenvalue weighted by atomic mass is 10.1. The smallest absolute Gasteiger partial charge is 0.228 e. The van der Waals surface area contributed by atoms with Crippen LogP contribution in [0.2, 0.25) is 5.02 Å². The van der Waals surface area contributed by atoms with E-state index in [-0.39, 0.29) is 17.9 Å². The molecule has 90 valence electrons. The summed E-state index contributed by atoms with van der Waals surface area (Å²) >= 11 is 5.78. The Labute approximate surface area is 105 Å². The maximum Gasteiger partial charge on any atom is 0.228 e. The van der Waals surface area contributed by atoms with Gasteiger partial charge in [-0.05, 0) is 48.9 Å². The van der Waals surface area contributed by atoms with Crippen LogP contribution in [0.15, 0.2) is 24.3 Å². The number of rotatable bonds is 2. The predicted octanol–water partition coefficient (Wildman–Crippen LogP) is 2.30. The van der Waals surface area contributed by atoms with Crippen molar-refractivity contribution in [3.63, 3.8) is 0 Å². The van der Waals surface area contributed by atoms with Gasteiger partial charge >= 0.3 is 0 Å². The van der Waals surface area contributed by atoms with E-state index in [2.05, 4.69) is 5.32 Å². The Balaban J connectivity index is 1.60. The van der Waals surface area contributed by atoms with Crippen LogP contribution < -0.4 is 5.32 Å². The molecule has 0 heterocycles. The third-order valence-electron chi connectivity index (χ3n) is 3.83. The van der Waals surface area contributed by atoms with Gasteiger partial charge in [-0.15, -0.1) is 0 Å². The van der Waals surface area contributed by atoms with Crippen LogP contribution in [-0.2, 0) is 4.79 Å². The summed E-state index contributed by atoms with van der Waals surface area (Å²) in [5, 5.41) is 13.0. The van der Waals surface area contributed by atoms with Crippen LogP contribution in [-0.4, -0.2) is 17.1 Å². The van der Waals surface area contributed by atoms with E-state index >= 15 is 0 Å². The van der Waals surface area contributed by atoms with E-state index < -0.39 is 0 Å². The number of amides is 1. The van der Waals surface area contributed by atoms with Crippen LogP contribution in [0.4, 0.5) is 5.69 Å². The highest BCUT2D eigenvalue weighted by Crippen LogP contribution is 2.57. The SMILES string of the molecule is O=C(Nc1ccc(Cl)cc1)C1C2CC(O)CC21. The molecule has 0 saturated heterocycles. The normalized spacial score (nSPS) is 34.2. The van der Waals surface area contributed by atoms with Gasteiger partial charge in [0.25, 0.3) is 0 Å². The second-order valence-corrected chi connectivity index (χ2v) is 5.41. The summed E-state index contributed by atoms with van der Waals surface area (Å²) in [5.41, 5.74) is 0.782. The highest BCUT2D eigenvalue weighted by Gasteiger charge is 2.59. The number of anilines is 1. The van der Waals surface area contributed by atoms with E-state index in [0.717, 1.165) is 18.5 Å². The largest absolute Gasteiger partial charge is 0.393 e. The van der Waals surface area contributed by atoms with Crippen molar-refractivity contribution in [3.05, 3.63) is 29.3 Å². The van der Waals surface area contributed by atoms with E-state index in [1.165, 1.54) is 0 Å². The topological polar surface area (TPSA) is 49.3 Å². The van der Waals surface area contributed by atoms with Crippen molar-refractivity contribution in [3.8, 4) is 0 Å². The van der Waals surface area contributed by atoms with Gasteiger partial charge in [0.1, 0.15) is 0 Å². The number of aliphatic hydroxyl groups excluding tert-OH is 1. The summed E-state index contributed by atoms with van der Waals surface area (Å²) in [6, 6.07) is 7.11. The number of carbonyl (C=O) groups excluding carboxylic acids is 1. The first kappa shape index (κ1) is 11.1. The fourth-order valence-corrected chi connectivity index (χ4v) is 3.09. The maximum absolute atomic E-state index is 12.0. The number of nitrogens with one attached hydrogen (secondary N) is 1. The van der Waals surface area contributed by atoms with E-state index in [9.17, 15) is 9.90 Å². The number of hydrogen-bond acceptors (Lipinski definition) is 2. The molecule has 2 fully saturated rings. The molecule has 2 unspecified atom stereocenters. The second-order valence-electron chi connectivity index (χ2n) is 4.97. The second kappa shape index (κ2) is 4.00. The van der Waals surface area contributed by atoms with Crippen molar-refractivity contribution >= 4 is 23.2 Å². The number of hydrogen-bond donors (Lipinski definition) is 2. The molecule has 2 aliphatic rings. The van der Waals surface area contributed by atoms with Crippen molar-refractivity contribution < 1.29 is 9.90 Å². The van der Waals surface area contributed by atoms with E-state index in [1.54, 1.807) is 24.3 Å². The van der Waals surface area contributed by atoms with Gasteiger partial charge in [-0.2, -0.15) is 0 Å². The molecule has 2 aliphatic carbocycles. The summed E-state index contributed by atoms with van der Waals surface area (Å²) in [5.74, 6) is 0.984. The molecule has 4 heteroatoms. The number of halogens is 1. The Bertz CT molecular complexity index is 433. The van der Waals surface area contributed by atoms with Gasteiger partial charge in [-0.25, -0.2) is 0 Å². The van der Waals surface area contributed by atoms with E-state index in [0.29, 0.717) is 16.9 Å². The lowest BCUT2D eigenvalue weighted by Gasteiger charge is -2.09. The summed E-state index contributed by atoms with van der Waals surface area (Å²) in [6.07, 6.45) is 1.37. The monoisotopic (exact) mass is 251 g/mol. The molecular weight excluding hydrogens is 238 g/mol. The van der Waals surface area contributed by atoms with E-state index in [1.807, 2.05) is 0 Å². The Morgan fingerprint density at radius 1 is 1.24 bits per heavy atom. The molecule has 1 aromatic rings. The lowest BCUT2D eigenvalue weighted by Crippen LogP contribution is -2.19. The molecule has 0 aromatic heterocycles. The van der Waals surface area contributed by atoms with Crippen LogP contribution in [0.5, 0.6) is 0 Å². The van der Waals surface area contributed by atoms with Crippen LogP contribution in [0.3, 0.4) is 0 Å². The Hall–Kier alpha value is -1.06. The van der Waals surface area contributed by atoms with Crippen molar-refractivity contribution in [1.82, 2.24) is 0 Å². The lowest BCUT2D eigenvalue weighted by molar-refractivity contribution is -0.118. The van der Waals surface area contributed by atoms with Crippen molar-refractivity contribution in [2.24, 2.45) is 17.8 Å². The summed E-state index contributed by atoms with van der Waals surface area (Å²) in [7, 11) is 0. The number of fused-ring (bicyclic) bond motifs is 1. The maximum atomic E-state index is 12.0. The third-order valence-corrected chi connectivity index (χ3v) is 4.09. The Kier molecular flexibility index (Phi) is 2.60. The highest BCUT2D eigenvalue weighted by atomic mass is 35.5. The quantitative estimate of drug-likeness (QED) is 0.847. The molecule has 2 atom stereocenters. The van der Waals surface area contributed by atoms with Crippen LogP contribution in [0.1, 0.15) is 12.8 Å². The molecule has 0 aliphatic heterocycles. The first-order chi connectivity index (χ1) is 8.15. The molecule has 2 saturated carbocycles. The summed E-state index contributed by atoms with van der Waals surface area (Å²) in [4.78, 5) is 12.0. The zero-order chi connectivity index (χ0) is 12.0. The standard InChI is InChI=1S/C13H14ClNO2/c14-7-1-3-8(4-2-7)15-13(17)12-10-5-9(16)6-11(10)12/h1-4,9-12,16H,5-6H2,(H,15,17). The average Bonchev–Trinajstić information content (AvgIpc) is 2.81. The van der Waals surface area contributed by atoms with Gasteiger partial charge in [0.05, 0.1) is 6.10 Å². The van der Waals surface area contributed by atoms with Crippen molar-refractivity contribution in [1.29, 1.82) is 0 Å². The first-order valence-corrected chi connectivity index (χ1v) is 6.27. The Morgan fingerprint density at radius 3 is 2.41 bits per heavy atom. The van der Waals surface area contributed by atoms with Gasteiger partial charge in [0.2, 0.25) is 5.91 Å². The number of aliphatic hydroxyl groups is 1. The van der Waals surface area contributed by atoms with Crippen molar-refractivity contribution in [2.45, 2.75) is 18.9 Å². The molecule has 3 rings (SSSR count). The molecule has 1 aromatic carbocycles. The first-order valence-electron chi connectivity index (χ1n) is 5.89. The zero-order valence-corrected chi connectivity index (χ0v) is 10.0. The van der Waals surface area contributed by atoms with Gasteiger partial charge in [-0.1, -0.05) is 11.6 Å². The van der Waals surface area contributed by atoms with E-state index in [4.69, 9.17) is 11.6 Å². The molecule has 1 amide bonds. The average molecular weight is 252 g/mol. The minimum Gasteiger partial charge on any atom is -0.393 e. The highest BCUT2D eigenvalue weighted by molar-refractivity contribution is 6.30. The fraction of sp³-hybridized carbons (Fsp3) is 0.462. The molecule has 17 heavy (non-hydrogen) atoms. The fourth-order valence-electron chi connectivity index (χ4n) is 2.96. The molecular formula is C13H14ClNO2. The van der Waals surface area contributed by atoms with Crippen LogP contribution in [0.25, 0.3) is 0 Å². The van der Waals surface area contributed by atoms with Gasteiger partial charge in [0, 0.05) is 16.6 Å². The molecule has 0 spiro atoms. The molecule has 2 N–H and O–H groups in total. The molecule has 0 bridgehead atoms. The van der Waals surface area contributed by atoms with Gasteiger partial charge in [0.15, 0.2) is 0 Å². The van der Waals surface area contributed by atoms with Crippen molar-refractivity contribution in [2.75, 3.05) is 5.32 Å². The minimum absolute atomic E-state index is 0.0780. The zero-order valence-electron chi connectivity index (χ0n) is 9.27. The summed E-state index contributed by atoms with van der Waals surface area (Å²) in [6.45, 7) is 0. The van der Waals surface area contributed by atoms with Gasteiger partial charge in [-0.3, -0.25) is 4.79 Å². The predicted molar refractivity (Wildman–Crippen MR) is 65.8 cm³/mol. The van der Waals surface area contributed by atoms with Crippen LogP contribution >= 0.6 is 11.6 Å². The molecule has 0 radical (unpaired) electrons. The van der Waals surface area contributed by atoms with Crippen LogP contribution in [0, 0.1) is 17.8 Å². The number of benzene rings is 1. The minimum atomic E-state index is -0.190. The molecule has 3 nitrogen and oxygen atoms in total. The van der Waals surface area contributed by atoms with Gasteiger partial charge < -0.3 is 10.4 Å². The number of carbonyl (C=O) groups is 1. The summed E-state index contributed by atoms with van der Waals surface area (Å²) < 4.78 is 0.